The van der Waals surface area contributed by atoms with Crippen LogP contribution < -0.4 is 26.6 Å². The van der Waals surface area contributed by atoms with Gasteiger partial charge in [-0.15, -0.1) is 0 Å². The number of methoxy groups -OCH3 is 1. The van der Waals surface area contributed by atoms with Crippen LogP contribution in [0.2, 0.25) is 0 Å². The molecule has 5 amide bonds. The molecule has 35 nitrogen and oxygen atoms in total. The van der Waals surface area contributed by atoms with E-state index in [0.29, 0.717) is 6.42 Å². The largest absolute Gasteiger partial charge is 0.394 e. The Hall–Kier alpha value is -3.91. The fraction of sp³-hybridized carbons (Fsp3) is 0.891. The van der Waals surface area contributed by atoms with Crippen molar-refractivity contribution in [1.82, 2.24) is 26.6 Å². The topological polar surface area (TPSA) is 519 Å². The lowest BCUT2D eigenvalue weighted by molar-refractivity contribution is -0.369. The minimum absolute atomic E-state index is 0.0165. The highest BCUT2D eigenvalue weighted by atomic mass is 16.8. The Kier molecular flexibility index (Phi) is 34.3. The van der Waals surface area contributed by atoms with E-state index in [1.165, 1.54) is 46.6 Å². The van der Waals surface area contributed by atoms with E-state index >= 15 is 0 Å². The molecule has 6 aliphatic heterocycles. The molecule has 12 unspecified atom stereocenters. The minimum Gasteiger partial charge on any atom is -0.394 e. The van der Waals surface area contributed by atoms with Crippen molar-refractivity contribution in [3.8, 4) is 0 Å². The summed E-state index contributed by atoms with van der Waals surface area (Å²) in [5.74, 6) is -3.71. The van der Waals surface area contributed by atoms with Crippen molar-refractivity contribution in [1.29, 1.82) is 0 Å². The SMILES string of the molecule is CCCCCC/C=C\CCCCCCCCCC(=O)N[C@H]1C(O)[C@H](O)C(CO)O[C@H]1O[C@@H]1C(CO)O[C@@H](O[C@@H]2C(CO)O[C@@H](O[C@@H]3C(CO)O[C@@H](O[C@@H]4C(CO[C@@H]5OC(C)[C@@](C)(O)[C@@H](O)C5OC)O[C@@H](O)[C@@H](NC(C)=O)C4O)[C@@H](NC(C)=O)C3O)[C@@H](NC(C)=O)C2O)[C@@H](NC(C)=O)C1O. The zero-order chi connectivity index (χ0) is 73.0. The van der Waals surface area contributed by atoms with Gasteiger partial charge in [0.15, 0.2) is 37.7 Å². The third-order valence-electron chi connectivity index (χ3n) is 18.8. The summed E-state index contributed by atoms with van der Waals surface area (Å²) < 4.78 is 72.2. The van der Waals surface area contributed by atoms with Crippen molar-refractivity contribution in [2.75, 3.05) is 40.1 Å². The monoisotopic (exact) mass is 1430 g/mol. The number of hydrogen-bond acceptors (Lipinski definition) is 30. The number of unbranched alkanes of at least 4 members (excludes halogenated alkanes) is 11. The second kappa shape index (κ2) is 40.4. The minimum atomic E-state index is -2.05. The molecule has 572 valence electrons. The van der Waals surface area contributed by atoms with Gasteiger partial charge in [-0.3, -0.25) is 24.0 Å². The van der Waals surface area contributed by atoms with Crippen LogP contribution >= 0.6 is 0 Å². The maximum Gasteiger partial charge on any atom is 0.220 e. The number of rotatable bonds is 36. The Morgan fingerprint density at radius 1 is 0.434 bits per heavy atom. The average molecular weight is 1430 g/mol. The van der Waals surface area contributed by atoms with Gasteiger partial charge in [0.05, 0.1) is 39.1 Å². The van der Waals surface area contributed by atoms with Crippen molar-refractivity contribution in [3.63, 3.8) is 0 Å². The molecule has 99 heavy (non-hydrogen) atoms. The molecule has 0 aromatic heterocycles. The van der Waals surface area contributed by atoms with Crippen LogP contribution in [-0.2, 0) is 80.8 Å². The maximum absolute atomic E-state index is 13.5. The standard InChI is InChI=1S/C64H111N5O30/c1-9-10-11-12-13-14-15-16-17-18-19-20-21-22-23-24-40(78)69-42-47(80)46(79)35(25-70)92-59(42)96-52-36(26-71)93-60(43(49(52)82)66-32(4)75)97-53-37(27-72)94-61(44(50(53)83)67-33(5)76)98-54-38(28-73)95-62(45(51(54)84)68-34(6)77)99-55-39(91-58(86)41(48(55)81)65-31(3)74)29-89-63-56(88-8)57(85)64(7,87)30(2)90-63/h14-15,30,35-39,41-63,70-73,79-87H,9-13,16-29H2,1-8H3,(H,65,74)(H,66,75)(H,67,76)(H,68,77)(H,69,78)/b15-14-/t30?,35?,36?,37?,38?,39?,41-,42-,43-,44-,45-,46+,47?,48?,49?,50?,51?,52+,53+,54+,55+,56?,57-,58+,59-,60-,61-,62-,63+,64+/m0/s1. The number of amides is 5. The third kappa shape index (κ3) is 22.6. The van der Waals surface area contributed by atoms with Crippen LogP contribution in [0.5, 0.6) is 0 Å². The molecule has 6 aliphatic rings. The molecule has 0 spiro atoms. The molecular weight excluding hydrogens is 1320 g/mol. The highest BCUT2D eigenvalue weighted by molar-refractivity contribution is 5.76. The lowest BCUT2D eigenvalue weighted by Gasteiger charge is -2.51. The van der Waals surface area contributed by atoms with Gasteiger partial charge >= 0.3 is 0 Å². The smallest absolute Gasteiger partial charge is 0.220 e. The second-order valence-corrected chi connectivity index (χ2v) is 26.5. The van der Waals surface area contributed by atoms with Gasteiger partial charge in [0, 0.05) is 41.2 Å². The first-order valence-corrected chi connectivity index (χ1v) is 34.4. The van der Waals surface area contributed by atoms with Crippen molar-refractivity contribution < 1.29 is 147 Å². The Bertz CT molecular complexity index is 2500. The highest BCUT2D eigenvalue weighted by Gasteiger charge is 2.59. The molecule has 0 aromatic rings. The first kappa shape index (κ1) is 84.0. The molecule has 18 N–H and O–H groups in total. The molecule has 0 radical (unpaired) electrons. The molecule has 6 rings (SSSR count). The zero-order valence-electron chi connectivity index (χ0n) is 57.6. The van der Waals surface area contributed by atoms with Crippen LogP contribution in [0.4, 0.5) is 0 Å². The predicted octanol–water partition coefficient (Wildman–Crippen LogP) is -5.29. The van der Waals surface area contributed by atoms with Crippen LogP contribution in [0.25, 0.3) is 0 Å². The Morgan fingerprint density at radius 2 is 0.798 bits per heavy atom. The molecule has 6 saturated heterocycles. The molecule has 30 atom stereocenters. The van der Waals surface area contributed by atoms with Crippen LogP contribution in [0.15, 0.2) is 12.2 Å². The summed E-state index contributed by atoms with van der Waals surface area (Å²) >= 11 is 0. The van der Waals surface area contributed by atoms with Gasteiger partial charge in [0.1, 0.15) is 140 Å². The number of hydrogen-bond donors (Lipinski definition) is 18. The number of aliphatic hydroxyl groups excluding tert-OH is 12. The van der Waals surface area contributed by atoms with E-state index in [9.17, 15) is 90.4 Å². The summed E-state index contributed by atoms with van der Waals surface area (Å²) in [6.45, 7) is 4.69. The second-order valence-electron chi connectivity index (χ2n) is 26.5. The van der Waals surface area contributed by atoms with Crippen LogP contribution in [0.1, 0.15) is 138 Å². The molecule has 6 fully saturated rings. The number of aliphatic hydroxyl groups is 13. The Morgan fingerprint density at radius 3 is 1.20 bits per heavy atom. The molecular formula is C64H111N5O30. The fourth-order valence-electron chi connectivity index (χ4n) is 13.1. The fourth-order valence-corrected chi connectivity index (χ4v) is 13.1. The van der Waals surface area contributed by atoms with Gasteiger partial charge in [0.25, 0.3) is 0 Å². The molecule has 0 bridgehead atoms. The Balaban J connectivity index is 1.15. The number of allylic oxidation sites excluding steroid dienone is 2. The van der Waals surface area contributed by atoms with Crippen LogP contribution in [0, 0.1) is 0 Å². The first-order chi connectivity index (χ1) is 47.1. The molecule has 35 heteroatoms. The first-order valence-electron chi connectivity index (χ1n) is 34.4. The van der Waals surface area contributed by atoms with E-state index < -0.39 is 246 Å². The van der Waals surface area contributed by atoms with E-state index in [-0.39, 0.29) is 6.42 Å². The highest BCUT2D eigenvalue weighted by Crippen LogP contribution is 2.38. The number of carbonyl (C=O) groups is 5. The summed E-state index contributed by atoms with van der Waals surface area (Å²) in [7, 11) is 1.22. The Labute approximate surface area is 575 Å². The van der Waals surface area contributed by atoms with Gasteiger partial charge in [-0.05, 0) is 46.0 Å². The van der Waals surface area contributed by atoms with E-state index in [1.807, 2.05) is 0 Å². The van der Waals surface area contributed by atoms with Gasteiger partial charge in [-0.2, -0.15) is 0 Å². The molecule has 6 heterocycles. The summed E-state index contributed by atoms with van der Waals surface area (Å²) in [6.07, 6.45) is -23.6. The third-order valence-corrected chi connectivity index (χ3v) is 18.8. The van der Waals surface area contributed by atoms with Crippen molar-refractivity contribution >= 4 is 29.5 Å². The quantitative estimate of drug-likeness (QED) is 0.0206. The van der Waals surface area contributed by atoms with Crippen LogP contribution in [0.3, 0.4) is 0 Å². The van der Waals surface area contributed by atoms with Crippen molar-refractivity contribution in [2.24, 2.45) is 0 Å². The normalized spacial score (nSPS) is 40.4. The van der Waals surface area contributed by atoms with Crippen molar-refractivity contribution in [2.45, 2.75) is 322 Å². The maximum atomic E-state index is 13.5. The van der Waals surface area contributed by atoms with E-state index in [0.717, 1.165) is 79.1 Å². The summed E-state index contributed by atoms with van der Waals surface area (Å²) in [5.41, 5.74) is -1.80. The predicted molar refractivity (Wildman–Crippen MR) is 339 cm³/mol. The number of carbonyl (C=O) groups excluding carboxylic acids is 5. The lowest BCUT2D eigenvalue weighted by Crippen LogP contribution is -2.72. The van der Waals surface area contributed by atoms with Gasteiger partial charge in [0.2, 0.25) is 29.5 Å². The molecule has 0 aromatic carbocycles. The van der Waals surface area contributed by atoms with E-state index in [2.05, 4.69) is 45.7 Å². The van der Waals surface area contributed by atoms with Crippen LogP contribution in [-0.4, -0.2) is 319 Å². The zero-order valence-corrected chi connectivity index (χ0v) is 57.6. The lowest BCUT2D eigenvalue weighted by atomic mass is 9.86. The van der Waals surface area contributed by atoms with Gasteiger partial charge < -0.3 is 150 Å². The van der Waals surface area contributed by atoms with E-state index in [4.69, 9.17) is 56.8 Å². The van der Waals surface area contributed by atoms with Gasteiger partial charge in [-0.25, -0.2) is 0 Å². The van der Waals surface area contributed by atoms with Crippen molar-refractivity contribution in [3.05, 3.63) is 12.2 Å². The number of ether oxygens (including phenoxy) is 12. The average Bonchev–Trinajstić information content (AvgIpc) is 0.776. The number of nitrogens with one attached hydrogen (secondary N) is 5. The molecule has 0 saturated carbocycles. The summed E-state index contributed by atoms with van der Waals surface area (Å²) in [5, 5.41) is 159. The van der Waals surface area contributed by atoms with E-state index in [1.54, 1.807) is 0 Å². The van der Waals surface area contributed by atoms with Gasteiger partial charge in [-0.1, -0.05) is 70.4 Å². The summed E-state index contributed by atoms with van der Waals surface area (Å²) in [4.78, 5) is 64.6. The molecule has 0 aliphatic carbocycles. The summed E-state index contributed by atoms with van der Waals surface area (Å²) in [6, 6.07) is -8.36.